The quantitative estimate of drug-likeness (QED) is 0.497. The summed E-state index contributed by atoms with van der Waals surface area (Å²) >= 11 is 0. The first-order chi connectivity index (χ1) is 16.7. The van der Waals surface area contributed by atoms with Crippen LogP contribution in [0.4, 0.5) is 13.6 Å². The zero-order valence-corrected chi connectivity index (χ0v) is 19.5. The molecule has 2 aliphatic rings. The van der Waals surface area contributed by atoms with Crippen LogP contribution in [0.5, 0.6) is 0 Å². The molecule has 0 aliphatic heterocycles. The van der Waals surface area contributed by atoms with Crippen LogP contribution < -0.4 is 10.6 Å². The van der Waals surface area contributed by atoms with Gasteiger partial charge in [-0.1, -0.05) is 68.8 Å². The molecule has 1 fully saturated rings. The minimum Gasteiger partial charge on any atom is -0.481 e. The van der Waals surface area contributed by atoms with Crippen molar-refractivity contribution in [2.45, 2.75) is 38.2 Å². The number of carboxylic acid groups (broad SMARTS) is 1. The fourth-order valence-corrected chi connectivity index (χ4v) is 4.77. The fourth-order valence-electron chi connectivity index (χ4n) is 4.77. The predicted molar refractivity (Wildman–Crippen MR) is 124 cm³/mol. The summed E-state index contributed by atoms with van der Waals surface area (Å²) in [6, 6.07) is 14.8. The molecule has 0 heterocycles. The van der Waals surface area contributed by atoms with Crippen molar-refractivity contribution in [1.29, 1.82) is 0 Å². The van der Waals surface area contributed by atoms with Gasteiger partial charge in [0.05, 0.1) is 5.92 Å². The van der Waals surface area contributed by atoms with Gasteiger partial charge in [0, 0.05) is 12.5 Å². The Kier molecular flexibility index (Phi) is 6.78. The molecule has 186 valence electrons. The third-order valence-corrected chi connectivity index (χ3v) is 7.08. The maximum absolute atomic E-state index is 13.6. The number of alkyl halides is 2. The van der Waals surface area contributed by atoms with Crippen LogP contribution in [0.2, 0.25) is 0 Å². The molecule has 0 bridgehead atoms. The Balaban J connectivity index is 1.37. The molecular formula is C26H28F2N2O5. The van der Waals surface area contributed by atoms with E-state index in [2.05, 4.69) is 10.6 Å². The van der Waals surface area contributed by atoms with E-state index in [1.54, 1.807) is 6.92 Å². The summed E-state index contributed by atoms with van der Waals surface area (Å²) in [5.41, 5.74) is 4.28. The van der Waals surface area contributed by atoms with Gasteiger partial charge in [-0.2, -0.15) is 0 Å². The van der Waals surface area contributed by atoms with Gasteiger partial charge < -0.3 is 20.5 Å². The first-order valence-corrected chi connectivity index (χ1v) is 11.7. The molecule has 0 radical (unpaired) electrons. The Bertz CT molecular complexity index is 1090. The summed E-state index contributed by atoms with van der Waals surface area (Å²) < 4.78 is 32.8. The largest absolute Gasteiger partial charge is 0.481 e. The highest BCUT2D eigenvalue weighted by molar-refractivity contribution is 5.86. The number of hydrogen-bond acceptors (Lipinski definition) is 4. The fraction of sp³-hybridized carbons (Fsp3) is 0.423. The number of hydrogen-bond donors (Lipinski definition) is 3. The Morgan fingerprint density at radius 1 is 1.06 bits per heavy atom. The van der Waals surface area contributed by atoms with Gasteiger partial charge >= 0.3 is 12.1 Å². The number of carbonyl (C=O) groups is 3. The van der Waals surface area contributed by atoms with Crippen molar-refractivity contribution in [3.05, 3.63) is 59.7 Å². The Hall–Kier alpha value is -3.49. The standard InChI is InChI=1S/C26H28F2N2O5/c1-3-14(2)22(23(31)29-12-20-21(24(32)33)26(20,27)28)30-25(34)35-13-19-17-10-6-4-8-15(17)16-9-5-7-11-18(16)19/h4-11,14,19-22H,3,12-13H2,1-2H3,(H,29,31)(H,30,34)(H,32,33)/t14-,20+,21+,22-/m0/s1. The van der Waals surface area contributed by atoms with Crippen LogP contribution in [0.1, 0.15) is 37.3 Å². The molecule has 4 atom stereocenters. The molecule has 2 amide bonds. The number of ether oxygens (including phenoxy) is 1. The second-order valence-electron chi connectivity index (χ2n) is 9.18. The monoisotopic (exact) mass is 486 g/mol. The van der Waals surface area contributed by atoms with Crippen LogP contribution in [0.3, 0.4) is 0 Å². The van der Waals surface area contributed by atoms with Crippen LogP contribution >= 0.6 is 0 Å². The highest BCUT2D eigenvalue weighted by Crippen LogP contribution is 2.54. The summed E-state index contributed by atoms with van der Waals surface area (Å²) in [5.74, 6) is -9.31. The summed E-state index contributed by atoms with van der Waals surface area (Å²) in [4.78, 5) is 36.3. The van der Waals surface area contributed by atoms with Crippen molar-refractivity contribution in [2.75, 3.05) is 13.2 Å². The summed E-state index contributed by atoms with van der Waals surface area (Å²) in [6.07, 6.45) is -0.244. The van der Waals surface area contributed by atoms with Gasteiger partial charge in [-0.05, 0) is 28.2 Å². The highest BCUT2D eigenvalue weighted by atomic mass is 19.3. The van der Waals surface area contributed by atoms with Crippen molar-refractivity contribution in [1.82, 2.24) is 10.6 Å². The molecule has 0 unspecified atom stereocenters. The second kappa shape index (κ2) is 9.64. The number of aliphatic carboxylic acids is 1. The van der Waals surface area contributed by atoms with E-state index in [0.717, 1.165) is 22.3 Å². The normalized spacial score (nSPS) is 21.3. The minimum absolute atomic E-state index is 0.0727. The number of carboxylic acids is 1. The zero-order valence-electron chi connectivity index (χ0n) is 19.5. The topological polar surface area (TPSA) is 105 Å². The molecule has 0 spiro atoms. The van der Waals surface area contributed by atoms with Gasteiger partial charge in [0.1, 0.15) is 18.6 Å². The van der Waals surface area contributed by atoms with Crippen molar-refractivity contribution in [3.63, 3.8) is 0 Å². The maximum atomic E-state index is 13.6. The molecule has 2 aromatic rings. The molecule has 9 heteroatoms. The lowest BCUT2D eigenvalue weighted by molar-refractivity contribution is -0.141. The number of alkyl carbamates (subject to hydrolysis) is 1. The van der Waals surface area contributed by atoms with Crippen LogP contribution in [-0.2, 0) is 14.3 Å². The summed E-state index contributed by atoms with van der Waals surface area (Å²) in [6.45, 7) is 3.17. The second-order valence-corrected chi connectivity index (χ2v) is 9.18. The number of nitrogens with one attached hydrogen (secondary N) is 2. The number of rotatable bonds is 9. The zero-order chi connectivity index (χ0) is 25.3. The maximum Gasteiger partial charge on any atom is 0.407 e. The van der Waals surface area contributed by atoms with Gasteiger partial charge in [0.25, 0.3) is 5.92 Å². The van der Waals surface area contributed by atoms with Gasteiger partial charge in [-0.25, -0.2) is 13.6 Å². The molecular weight excluding hydrogens is 458 g/mol. The van der Waals surface area contributed by atoms with E-state index in [-0.39, 0.29) is 18.4 Å². The molecule has 7 nitrogen and oxygen atoms in total. The van der Waals surface area contributed by atoms with Gasteiger partial charge in [-0.3, -0.25) is 9.59 Å². The number of fused-ring (bicyclic) bond motifs is 3. The Morgan fingerprint density at radius 2 is 1.63 bits per heavy atom. The average Bonchev–Trinajstić information content (AvgIpc) is 3.26. The van der Waals surface area contributed by atoms with Crippen LogP contribution in [0.25, 0.3) is 11.1 Å². The lowest BCUT2D eigenvalue weighted by Crippen LogP contribution is -2.51. The van der Waals surface area contributed by atoms with E-state index < -0.39 is 48.3 Å². The van der Waals surface area contributed by atoms with E-state index >= 15 is 0 Å². The third-order valence-electron chi connectivity index (χ3n) is 7.08. The SMILES string of the molecule is CC[C@H](C)[C@H](NC(=O)OCC1c2ccccc2-c2ccccc21)C(=O)NC[C@@H]1[C@H](C(=O)O)C1(F)F. The van der Waals surface area contributed by atoms with Gasteiger partial charge in [0.2, 0.25) is 5.91 Å². The first kappa shape index (κ1) is 24.6. The van der Waals surface area contributed by atoms with Crippen LogP contribution in [0.15, 0.2) is 48.5 Å². The van der Waals surface area contributed by atoms with Crippen molar-refractivity contribution >= 4 is 18.0 Å². The summed E-state index contributed by atoms with van der Waals surface area (Å²) in [5, 5.41) is 13.8. The van der Waals surface area contributed by atoms with Crippen LogP contribution in [-0.4, -0.2) is 48.2 Å². The molecule has 1 saturated carbocycles. The van der Waals surface area contributed by atoms with E-state index in [1.165, 1.54) is 0 Å². The lowest BCUT2D eigenvalue weighted by Gasteiger charge is -2.24. The van der Waals surface area contributed by atoms with Crippen molar-refractivity contribution in [2.24, 2.45) is 17.8 Å². The molecule has 2 aromatic carbocycles. The van der Waals surface area contributed by atoms with E-state index in [0.29, 0.717) is 6.42 Å². The van der Waals surface area contributed by atoms with E-state index in [4.69, 9.17) is 9.84 Å². The Morgan fingerprint density at radius 3 is 2.14 bits per heavy atom. The number of amides is 2. The minimum atomic E-state index is -3.36. The third kappa shape index (κ3) is 4.72. The highest BCUT2D eigenvalue weighted by Gasteiger charge is 2.72. The molecule has 35 heavy (non-hydrogen) atoms. The van der Waals surface area contributed by atoms with Gasteiger partial charge in [0.15, 0.2) is 0 Å². The number of halogens is 2. The molecule has 2 aliphatic carbocycles. The van der Waals surface area contributed by atoms with Crippen molar-refractivity contribution < 1.29 is 33.0 Å². The number of benzene rings is 2. The smallest absolute Gasteiger partial charge is 0.407 e. The van der Waals surface area contributed by atoms with Crippen molar-refractivity contribution in [3.8, 4) is 11.1 Å². The van der Waals surface area contributed by atoms with E-state index in [1.807, 2.05) is 55.5 Å². The van der Waals surface area contributed by atoms with E-state index in [9.17, 15) is 23.2 Å². The molecule has 3 N–H and O–H groups in total. The number of carbonyl (C=O) groups excluding carboxylic acids is 2. The first-order valence-electron chi connectivity index (χ1n) is 11.7. The van der Waals surface area contributed by atoms with Crippen LogP contribution in [0, 0.1) is 17.8 Å². The Labute approximate surface area is 201 Å². The van der Waals surface area contributed by atoms with Gasteiger partial charge in [-0.15, -0.1) is 0 Å². The molecule has 0 saturated heterocycles. The predicted octanol–water partition coefficient (Wildman–Crippen LogP) is 4.02. The molecule has 4 rings (SSSR count). The average molecular weight is 487 g/mol. The lowest BCUT2D eigenvalue weighted by atomic mass is 9.98. The summed E-state index contributed by atoms with van der Waals surface area (Å²) in [7, 11) is 0. The molecule has 0 aromatic heterocycles.